The molecule has 0 heterocycles. The number of methoxy groups -OCH3 is 1. The van der Waals surface area contributed by atoms with Crippen molar-refractivity contribution in [3.8, 4) is 11.5 Å². The molecule has 0 saturated heterocycles. The van der Waals surface area contributed by atoms with Crippen molar-refractivity contribution in [3.63, 3.8) is 0 Å². The van der Waals surface area contributed by atoms with Gasteiger partial charge < -0.3 is 20.1 Å². The van der Waals surface area contributed by atoms with Crippen molar-refractivity contribution in [2.45, 2.75) is 26.3 Å². The maximum absolute atomic E-state index is 10.8. The van der Waals surface area contributed by atoms with Crippen LogP contribution in [0, 0.1) is 0 Å². The minimum atomic E-state index is -1.13. The number of aromatic hydroxyl groups is 1. The molecule has 0 aliphatic carbocycles. The first-order valence-corrected chi connectivity index (χ1v) is 6.92. The molecule has 0 saturated carbocycles. The second-order valence-corrected chi connectivity index (χ2v) is 4.99. The fourth-order valence-corrected chi connectivity index (χ4v) is 2.23. The normalized spacial score (nSPS) is 10.7. The van der Waals surface area contributed by atoms with Crippen LogP contribution in [-0.4, -0.2) is 52.4 Å². The molecule has 0 radical (unpaired) electrons. The molecule has 1 aromatic carbocycles. The summed E-state index contributed by atoms with van der Waals surface area (Å²) in [5.41, 5.74) is 1.39. The fourth-order valence-electron chi connectivity index (χ4n) is 2.23. The van der Waals surface area contributed by atoms with Gasteiger partial charge in [0.05, 0.1) is 20.2 Å². The molecule has 0 spiro atoms. The van der Waals surface area contributed by atoms with Crippen molar-refractivity contribution in [2.24, 2.45) is 0 Å². The van der Waals surface area contributed by atoms with Gasteiger partial charge in [0, 0.05) is 12.1 Å². The van der Waals surface area contributed by atoms with Crippen LogP contribution in [0.1, 0.15) is 24.5 Å². The summed E-state index contributed by atoms with van der Waals surface area (Å²) < 4.78 is 5.12. The third-order valence-corrected chi connectivity index (χ3v) is 3.08. The van der Waals surface area contributed by atoms with Gasteiger partial charge in [0.2, 0.25) is 0 Å². The van der Waals surface area contributed by atoms with Gasteiger partial charge in [-0.25, -0.2) is 0 Å². The third kappa shape index (κ3) is 5.25. The molecule has 0 aliphatic rings. The minimum absolute atomic E-state index is 0.0122. The van der Waals surface area contributed by atoms with Crippen LogP contribution in [0.25, 0.3) is 0 Å². The van der Waals surface area contributed by atoms with Gasteiger partial charge in [-0.1, -0.05) is 19.4 Å². The van der Waals surface area contributed by atoms with Gasteiger partial charge in [-0.3, -0.25) is 14.5 Å². The lowest BCUT2D eigenvalue weighted by Gasteiger charge is -2.20. The van der Waals surface area contributed by atoms with E-state index in [2.05, 4.69) is 0 Å². The van der Waals surface area contributed by atoms with E-state index in [0.717, 1.165) is 18.4 Å². The Hall–Kier alpha value is -2.28. The summed E-state index contributed by atoms with van der Waals surface area (Å²) in [6.07, 6.45) is 1.68. The minimum Gasteiger partial charge on any atom is -0.504 e. The quantitative estimate of drug-likeness (QED) is 0.631. The van der Waals surface area contributed by atoms with Gasteiger partial charge in [-0.2, -0.15) is 0 Å². The van der Waals surface area contributed by atoms with Gasteiger partial charge in [-0.05, 0) is 18.1 Å². The Bertz CT molecular complexity index is 527. The first kappa shape index (κ1) is 17.8. The molecule has 7 nitrogen and oxygen atoms in total. The Morgan fingerprint density at radius 2 is 1.77 bits per heavy atom. The van der Waals surface area contributed by atoms with Gasteiger partial charge in [0.25, 0.3) is 0 Å². The molecule has 1 aromatic rings. The molecule has 1 rings (SSSR count). The number of rotatable bonds is 9. The number of aliphatic carboxylic acids is 2. The number of carboxylic acid groups (broad SMARTS) is 2. The van der Waals surface area contributed by atoms with Crippen LogP contribution in [0.2, 0.25) is 0 Å². The fraction of sp³-hybridized carbons (Fsp3) is 0.467. The predicted molar refractivity (Wildman–Crippen MR) is 79.2 cm³/mol. The van der Waals surface area contributed by atoms with E-state index in [9.17, 15) is 14.7 Å². The molecule has 7 heteroatoms. The summed E-state index contributed by atoms with van der Waals surface area (Å²) in [5, 5.41) is 27.9. The Balaban J connectivity index is 3.07. The lowest BCUT2D eigenvalue weighted by molar-refractivity contribution is -0.142. The summed E-state index contributed by atoms with van der Waals surface area (Å²) in [6, 6.07) is 3.47. The summed E-state index contributed by atoms with van der Waals surface area (Å²) in [7, 11) is 1.43. The second kappa shape index (κ2) is 8.23. The van der Waals surface area contributed by atoms with Crippen molar-refractivity contribution >= 4 is 11.9 Å². The van der Waals surface area contributed by atoms with Crippen molar-refractivity contribution < 1.29 is 29.6 Å². The summed E-state index contributed by atoms with van der Waals surface area (Å²) in [5.74, 6) is -2.05. The number of hydrogen-bond acceptors (Lipinski definition) is 5. The molecule has 0 amide bonds. The molecule has 0 aromatic heterocycles. The van der Waals surface area contributed by atoms with E-state index in [0.29, 0.717) is 11.3 Å². The topological polar surface area (TPSA) is 107 Å². The molecule has 0 bridgehead atoms. The van der Waals surface area contributed by atoms with Crippen LogP contribution in [0.5, 0.6) is 11.5 Å². The van der Waals surface area contributed by atoms with E-state index >= 15 is 0 Å². The zero-order valence-electron chi connectivity index (χ0n) is 12.7. The van der Waals surface area contributed by atoms with E-state index in [-0.39, 0.29) is 12.3 Å². The van der Waals surface area contributed by atoms with Crippen LogP contribution < -0.4 is 4.74 Å². The summed E-state index contributed by atoms with van der Waals surface area (Å²) >= 11 is 0. The highest BCUT2D eigenvalue weighted by atomic mass is 16.5. The summed E-state index contributed by atoms with van der Waals surface area (Å²) in [4.78, 5) is 22.9. The number of carboxylic acids is 2. The number of carbonyl (C=O) groups is 2. The van der Waals surface area contributed by atoms with Gasteiger partial charge in [0.15, 0.2) is 11.5 Å². The average molecular weight is 311 g/mol. The number of benzene rings is 1. The first-order valence-electron chi connectivity index (χ1n) is 6.92. The number of phenols is 1. The Morgan fingerprint density at radius 1 is 1.18 bits per heavy atom. The maximum atomic E-state index is 10.8. The van der Waals surface area contributed by atoms with E-state index in [1.54, 1.807) is 12.1 Å². The zero-order chi connectivity index (χ0) is 16.7. The van der Waals surface area contributed by atoms with Crippen LogP contribution >= 0.6 is 0 Å². The standard InChI is InChI=1S/C15H21NO6/c1-3-4-10-5-11(15(21)12(6-10)22-2)7-16(8-13(17)18)9-14(19)20/h5-6,21H,3-4,7-9H2,1-2H3,(H,17,18)(H,19,20). The van der Waals surface area contributed by atoms with Crippen LogP contribution in [-0.2, 0) is 22.6 Å². The Morgan fingerprint density at radius 3 is 2.23 bits per heavy atom. The number of nitrogens with zero attached hydrogens (tertiary/aromatic N) is 1. The highest BCUT2D eigenvalue weighted by Crippen LogP contribution is 2.32. The van der Waals surface area contributed by atoms with Crippen LogP contribution in [0.3, 0.4) is 0 Å². The van der Waals surface area contributed by atoms with E-state index < -0.39 is 25.0 Å². The molecule has 0 unspecified atom stereocenters. The Labute approximate surface area is 128 Å². The van der Waals surface area contributed by atoms with E-state index in [1.807, 2.05) is 6.92 Å². The molecule has 22 heavy (non-hydrogen) atoms. The van der Waals surface area contributed by atoms with Crippen LogP contribution in [0.15, 0.2) is 12.1 Å². The van der Waals surface area contributed by atoms with E-state index in [1.165, 1.54) is 12.0 Å². The lowest BCUT2D eigenvalue weighted by atomic mass is 10.0. The number of hydrogen-bond donors (Lipinski definition) is 3. The molecule has 0 aliphatic heterocycles. The van der Waals surface area contributed by atoms with Crippen molar-refractivity contribution in [1.29, 1.82) is 0 Å². The van der Waals surface area contributed by atoms with Crippen molar-refractivity contribution in [1.82, 2.24) is 4.90 Å². The largest absolute Gasteiger partial charge is 0.504 e. The molecule has 122 valence electrons. The maximum Gasteiger partial charge on any atom is 0.317 e. The molecule has 0 atom stereocenters. The third-order valence-electron chi connectivity index (χ3n) is 3.08. The average Bonchev–Trinajstić information content (AvgIpc) is 2.41. The van der Waals surface area contributed by atoms with Crippen LogP contribution in [0.4, 0.5) is 0 Å². The molecular weight excluding hydrogens is 290 g/mol. The number of ether oxygens (including phenoxy) is 1. The second-order valence-electron chi connectivity index (χ2n) is 4.99. The monoisotopic (exact) mass is 311 g/mol. The van der Waals surface area contributed by atoms with Gasteiger partial charge >= 0.3 is 11.9 Å². The highest BCUT2D eigenvalue weighted by molar-refractivity contribution is 5.72. The van der Waals surface area contributed by atoms with Crippen molar-refractivity contribution in [3.05, 3.63) is 23.3 Å². The predicted octanol–water partition coefficient (Wildman–Crippen LogP) is 1.32. The zero-order valence-corrected chi connectivity index (χ0v) is 12.7. The summed E-state index contributed by atoms with van der Waals surface area (Å²) in [6.45, 7) is 1.18. The van der Waals surface area contributed by atoms with Gasteiger partial charge in [0.1, 0.15) is 0 Å². The molecule has 3 N–H and O–H groups in total. The molecular formula is C15H21NO6. The smallest absolute Gasteiger partial charge is 0.317 e. The highest BCUT2D eigenvalue weighted by Gasteiger charge is 2.18. The van der Waals surface area contributed by atoms with E-state index in [4.69, 9.17) is 14.9 Å². The lowest BCUT2D eigenvalue weighted by Crippen LogP contribution is -2.34. The number of aryl methyl sites for hydroxylation is 1. The van der Waals surface area contributed by atoms with Crippen molar-refractivity contribution in [2.75, 3.05) is 20.2 Å². The Kier molecular flexibility index (Phi) is 6.65. The first-order chi connectivity index (χ1) is 10.4. The SMILES string of the molecule is CCCc1cc(CN(CC(=O)O)CC(=O)O)c(O)c(OC)c1. The number of phenolic OH excluding ortho intramolecular Hbond substituents is 1. The van der Waals surface area contributed by atoms with Gasteiger partial charge in [-0.15, -0.1) is 0 Å². The molecule has 0 fully saturated rings.